The Hall–Kier alpha value is -1.90. The largest absolute Gasteiger partial charge is 0.490 e. The second-order valence-corrected chi connectivity index (χ2v) is 14.8. The third-order valence-corrected chi connectivity index (χ3v) is 12.4. The molecular weight excluding hydrogens is 476 g/mol. The Morgan fingerprint density at radius 3 is 2.33 bits per heavy atom. The van der Waals surface area contributed by atoms with Gasteiger partial charge in [0.1, 0.15) is 5.76 Å². The molecule has 1 aromatic rings. The van der Waals surface area contributed by atoms with Gasteiger partial charge in [0.15, 0.2) is 0 Å². The summed E-state index contributed by atoms with van der Waals surface area (Å²) >= 11 is 0. The van der Waals surface area contributed by atoms with Crippen LogP contribution < -0.4 is 11.5 Å². The number of ether oxygens (including phenoxy) is 1. The number of fused-ring (bicyclic) bond motifs is 5. The standard InChI is InChI=1S/C36H56N2O/c1-7-34(25-19-27(37)22-28(38)20-25)39-29-15-17-35(5)26(21-29)11-12-30-32-14-13-31(24(4)10-8-9-23(2)3)36(32,6)18-16-33(30)35/h7,9,19-20,22,24,26,29-33H,8,10-18,21,37-38H2,1-6H3/b34-7-. The molecule has 9 atom stereocenters. The molecule has 5 rings (SSSR count). The Balaban J connectivity index is 1.25. The summed E-state index contributed by atoms with van der Waals surface area (Å²) < 4.78 is 6.69. The first-order valence-electron chi connectivity index (χ1n) is 16.2. The number of hydrogen-bond acceptors (Lipinski definition) is 3. The summed E-state index contributed by atoms with van der Waals surface area (Å²) in [6.07, 6.45) is 19.8. The highest BCUT2D eigenvalue weighted by Gasteiger charge is 2.60. The van der Waals surface area contributed by atoms with Crippen LogP contribution in [-0.2, 0) is 4.74 Å². The van der Waals surface area contributed by atoms with Gasteiger partial charge >= 0.3 is 0 Å². The summed E-state index contributed by atoms with van der Waals surface area (Å²) in [4.78, 5) is 0. The van der Waals surface area contributed by atoms with Gasteiger partial charge in [0.2, 0.25) is 0 Å². The van der Waals surface area contributed by atoms with Crippen LogP contribution in [0.25, 0.3) is 5.76 Å². The fraction of sp³-hybridized carbons (Fsp3) is 0.722. The Kier molecular flexibility index (Phi) is 8.20. The maximum absolute atomic E-state index is 6.69. The van der Waals surface area contributed by atoms with E-state index < -0.39 is 0 Å². The van der Waals surface area contributed by atoms with Crippen molar-refractivity contribution in [1.82, 2.24) is 0 Å². The van der Waals surface area contributed by atoms with Gasteiger partial charge in [0, 0.05) is 16.9 Å². The van der Waals surface area contributed by atoms with Gasteiger partial charge in [-0.15, -0.1) is 0 Å². The fourth-order valence-electron chi connectivity index (χ4n) is 10.4. The minimum Gasteiger partial charge on any atom is -0.490 e. The molecule has 0 heterocycles. The number of allylic oxidation sites excluding steroid dienone is 3. The third kappa shape index (κ3) is 5.41. The third-order valence-electron chi connectivity index (χ3n) is 12.4. The number of nitrogens with two attached hydrogens (primary N) is 2. The number of nitrogen functional groups attached to an aromatic ring is 2. The minimum atomic E-state index is 0.292. The van der Waals surface area contributed by atoms with Gasteiger partial charge < -0.3 is 16.2 Å². The number of anilines is 2. The molecule has 3 nitrogen and oxygen atoms in total. The highest BCUT2D eigenvalue weighted by molar-refractivity contribution is 5.68. The van der Waals surface area contributed by atoms with Crippen molar-refractivity contribution in [2.24, 2.45) is 46.3 Å². The molecule has 0 aromatic heterocycles. The van der Waals surface area contributed by atoms with Gasteiger partial charge in [-0.25, -0.2) is 0 Å². The van der Waals surface area contributed by atoms with Crippen molar-refractivity contribution < 1.29 is 4.74 Å². The van der Waals surface area contributed by atoms with Gasteiger partial charge in [0.25, 0.3) is 0 Å². The Labute approximate surface area is 239 Å². The molecule has 4 fully saturated rings. The lowest BCUT2D eigenvalue weighted by atomic mass is 9.44. The first-order chi connectivity index (χ1) is 18.5. The fourth-order valence-corrected chi connectivity index (χ4v) is 10.4. The summed E-state index contributed by atoms with van der Waals surface area (Å²) in [6.45, 7) is 14.5. The molecule has 0 spiro atoms. The van der Waals surface area contributed by atoms with E-state index in [0.717, 1.165) is 53.3 Å². The van der Waals surface area contributed by atoms with Crippen LogP contribution in [0, 0.1) is 46.3 Å². The predicted molar refractivity (Wildman–Crippen MR) is 167 cm³/mol. The zero-order valence-corrected chi connectivity index (χ0v) is 25.8. The first-order valence-corrected chi connectivity index (χ1v) is 16.2. The van der Waals surface area contributed by atoms with Crippen LogP contribution in [-0.4, -0.2) is 6.10 Å². The Morgan fingerprint density at radius 2 is 1.64 bits per heavy atom. The molecule has 0 saturated heterocycles. The van der Waals surface area contributed by atoms with Crippen molar-refractivity contribution in [3.05, 3.63) is 41.5 Å². The topological polar surface area (TPSA) is 61.3 Å². The van der Waals surface area contributed by atoms with E-state index in [1.807, 2.05) is 18.2 Å². The molecule has 216 valence electrons. The van der Waals surface area contributed by atoms with Crippen molar-refractivity contribution in [3.8, 4) is 0 Å². The smallest absolute Gasteiger partial charge is 0.122 e. The van der Waals surface area contributed by atoms with E-state index in [-0.39, 0.29) is 0 Å². The van der Waals surface area contributed by atoms with Crippen LogP contribution >= 0.6 is 0 Å². The van der Waals surface area contributed by atoms with Gasteiger partial charge in [-0.2, -0.15) is 0 Å². The first kappa shape index (κ1) is 28.6. The van der Waals surface area contributed by atoms with Crippen molar-refractivity contribution in [3.63, 3.8) is 0 Å². The normalized spacial score (nSPS) is 38.8. The maximum Gasteiger partial charge on any atom is 0.122 e. The van der Waals surface area contributed by atoms with Crippen molar-refractivity contribution >= 4 is 17.1 Å². The van der Waals surface area contributed by atoms with E-state index in [0.29, 0.717) is 28.3 Å². The molecule has 9 unspecified atom stereocenters. The van der Waals surface area contributed by atoms with Crippen molar-refractivity contribution in [1.29, 1.82) is 0 Å². The molecule has 39 heavy (non-hydrogen) atoms. The van der Waals surface area contributed by atoms with Crippen LogP contribution in [0.4, 0.5) is 11.4 Å². The summed E-state index contributed by atoms with van der Waals surface area (Å²) in [7, 11) is 0. The van der Waals surface area contributed by atoms with Crippen LogP contribution in [0.5, 0.6) is 0 Å². The number of rotatable bonds is 7. The Morgan fingerprint density at radius 1 is 0.949 bits per heavy atom. The van der Waals surface area contributed by atoms with Crippen molar-refractivity contribution in [2.45, 2.75) is 118 Å². The number of hydrogen-bond donors (Lipinski definition) is 2. The molecule has 4 aliphatic rings. The van der Waals surface area contributed by atoms with Crippen LogP contribution in [0.1, 0.15) is 118 Å². The lowest BCUT2D eigenvalue weighted by molar-refractivity contribution is -0.128. The molecule has 0 radical (unpaired) electrons. The highest BCUT2D eigenvalue weighted by Crippen LogP contribution is 2.68. The van der Waals surface area contributed by atoms with Gasteiger partial charge in [-0.1, -0.05) is 32.4 Å². The molecule has 4 saturated carbocycles. The quantitative estimate of drug-likeness (QED) is 0.209. The van der Waals surface area contributed by atoms with E-state index in [9.17, 15) is 0 Å². The lowest BCUT2D eigenvalue weighted by Gasteiger charge is -2.61. The van der Waals surface area contributed by atoms with Crippen LogP contribution in [0.2, 0.25) is 0 Å². The van der Waals surface area contributed by atoms with Crippen LogP contribution in [0.3, 0.4) is 0 Å². The summed E-state index contributed by atoms with van der Waals surface area (Å²) in [6, 6.07) is 5.79. The molecular formula is C36H56N2O. The molecule has 0 amide bonds. The van der Waals surface area contributed by atoms with Gasteiger partial charge in [-0.3, -0.25) is 0 Å². The zero-order chi connectivity index (χ0) is 27.9. The minimum absolute atomic E-state index is 0.292. The molecule has 3 heteroatoms. The SMILES string of the molecule is C/C=C(\OC1CCC2(C)C(CCC3C2CCC2(C)C(C(C)CCC=C(C)C)CCC32)C1)c1cc(N)cc(N)c1. The monoisotopic (exact) mass is 532 g/mol. The average molecular weight is 533 g/mol. The molecule has 0 bridgehead atoms. The van der Waals surface area contributed by atoms with E-state index >= 15 is 0 Å². The second kappa shape index (κ2) is 11.2. The highest BCUT2D eigenvalue weighted by atomic mass is 16.5. The van der Waals surface area contributed by atoms with E-state index in [2.05, 4.69) is 53.7 Å². The molecule has 0 aliphatic heterocycles. The van der Waals surface area contributed by atoms with Crippen LogP contribution in [0.15, 0.2) is 35.9 Å². The maximum atomic E-state index is 6.69. The predicted octanol–water partition coefficient (Wildman–Crippen LogP) is 9.64. The molecule has 1 aromatic carbocycles. The lowest BCUT2D eigenvalue weighted by Crippen LogP contribution is -2.54. The zero-order valence-electron chi connectivity index (χ0n) is 25.8. The van der Waals surface area contributed by atoms with Gasteiger partial charge in [0.05, 0.1) is 6.10 Å². The average Bonchev–Trinajstić information content (AvgIpc) is 3.23. The van der Waals surface area contributed by atoms with E-state index in [1.54, 1.807) is 0 Å². The molecule has 4 N–H and O–H groups in total. The van der Waals surface area contributed by atoms with E-state index in [4.69, 9.17) is 16.2 Å². The molecule has 4 aliphatic carbocycles. The second-order valence-electron chi connectivity index (χ2n) is 14.8. The van der Waals surface area contributed by atoms with Crippen molar-refractivity contribution in [2.75, 3.05) is 11.5 Å². The summed E-state index contributed by atoms with van der Waals surface area (Å²) in [5.41, 5.74) is 17.1. The van der Waals surface area contributed by atoms with Gasteiger partial charge in [-0.05, 0) is 162 Å². The Bertz CT molecular complexity index is 1070. The summed E-state index contributed by atoms with van der Waals surface area (Å²) in [5.74, 6) is 6.28. The summed E-state index contributed by atoms with van der Waals surface area (Å²) in [5, 5.41) is 0. The number of benzene rings is 1. The van der Waals surface area contributed by atoms with E-state index in [1.165, 1.54) is 69.8 Å².